The standard InChI is InChI=1S/C6H8N4/c1-2-10-6(5-7)8-3-4-9-10/h2-5H,1,7H2/b6-5-. The molecule has 1 rings (SSSR count). The maximum absolute atomic E-state index is 5.23. The quantitative estimate of drug-likeness (QED) is 0.562. The number of nitrogens with zero attached hydrogens (tertiary/aromatic N) is 3. The highest BCUT2D eigenvalue weighted by molar-refractivity contribution is 6.16. The van der Waals surface area contributed by atoms with E-state index in [2.05, 4.69) is 16.7 Å². The summed E-state index contributed by atoms with van der Waals surface area (Å²) < 4.78 is 0. The molecule has 10 heavy (non-hydrogen) atoms. The highest BCUT2D eigenvalue weighted by atomic mass is 15.5. The van der Waals surface area contributed by atoms with Crippen LogP contribution in [0.1, 0.15) is 0 Å². The molecule has 4 nitrogen and oxygen atoms in total. The summed E-state index contributed by atoms with van der Waals surface area (Å²) in [6.45, 7) is 3.52. The fourth-order valence-corrected chi connectivity index (χ4v) is 0.590. The van der Waals surface area contributed by atoms with Gasteiger partial charge >= 0.3 is 0 Å². The lowest BCUT2D eigenvalue weighted by Gasteiger charge is -2.14. The second-order valence-corrected chi connectivity index (χ2v) is 1.59. The van der Waals surface area contributed by atoms with Crippen molar-refractivity contribution in [1.29, 1.82) is 0 Å². The van der Waals surface area contributed by atoms with Gasteiger partial charge in [0.25, 0.3) is 0 Å². The Morgan fingerprint density at radius 3 is 2.90 bits per heavy atom. The minimum absolute atomic E-state index is 0.581. The summed E-state index contributed by atoms with van der Waals surface area (Å²) in [5.74, 6) is 0.581. The Hall–Kier alpha value is -1.58. The highest BCUT2D eigenvalue weighted by Gasteiger charge is 2.02. The fraction of sp³-hybridized carbons (Fsp3) is 0. The normalized spacial score (nSPS) is 20.0. The van der Waals surface area contributed by atoms with Gasteiger partial charge in [0.2, 0.25) is 0 Å². The van der Waals surface area contributed by atoms with Crippen LogP contribution in [0.3, 0.4) is 0 Å². The minimum Gasteiger partial charge on any atom is -0.402 e. The summed E-state index contributed by atoms with van der Waals surface area (Å²) in [6.07, 6.45) is 6.04. The number of rotatable bonds is 1. The molecule has 0 radical (unpaired) electrons. The van der Waals surface area contributed by atoms with Crippen molar-refractivity contribution >= 4 is 12.4 Å². The van der Waals surface area contributed by atoms with E-state index in [1.165, 1.54) is 17.4 Å². The van der Waals surface area contributed by atoms with Crippen LogP contribution < -0.4 is 5.73 Å². The molecule has 0 aliphatic carbocycles. The van der Waals surface area contributed by atoms with Gasteiger partial charge in [0.15, 0.2) is 5.82 Å². The average molecular weight is 136 g/mol. The lowest BCUT2D eigenvalue weighted by molar-refractivity contribution is 0.492. The molecule has 0 fully saturated rings. The van der Waals surface area contributed by atoms with Crippen LogP contribution in [-0.2, 0) is 0 Å². The molecule has 2 N–H and O–H groups in total. The van der Waals surface area contributed by atoms with E-state index in [0.717, 1.165) is 0 Å². The maximum atomic E-state index is 5.23. The van der Waals surface area contributed by atoms with Gasteiger partial charge in [0, 0.05) is 18.6 Å². The molecular formula is C6H8N4. The summed E-state index contributed by atoms with van der Waals surface area (Å²) in [5.41, 5.74) is 5.23. The molecule has 0 amide bonds. The van der Waals surface area contributed by atoms with Crippen molar-refractivity contribution < 1.29 is 0 Å². The summed E-state index contributed by atoms with van der Waals surface area (Å²) in [4.78, 5) is 3.92. The van der Waals surface area contributed by atoms with Crippen molar-refractivity contribution in [3.8, 4) is 0 Å². The van der Waals surface area contributed by atoms with Crippen LogP contribution in [0.2, 0.25) is 0 Å². The Kier molecular flexibility index (Phi) is 1.84. The monoisotopic (exact) mass is 136 g/mol. The van der Waals surface area contributed by atoms with Crippen molar-refractivity contribution in [3.05, 3.63) is 24.8 Å². The number of aliphatic imine (C=N–C) groups is 1. The summed E-state index contributed by atoms with van der Waals surface area (Å²) in [6, 6.07) is 0. The van der Waals surface area contributed by atoms with Crippen molar-refractivity contribution in [1.82, 2.24) is 5.01 Å². The smallest absolute Gasteiger partial charge is 0.168 e. The van der Waals surface area contributed by atoms with Gasteiger partial charge in [-0.2, -0.15) is 5.10 Å². The van der Waals surface area contributed by atoms with Crippen molar-refractivity contribution in [2.75, 3.05) is 0 Å². The molecule has 1 heterocycles. The molecule has 0 aromatic carbocycles. The molecule has 0 bridgehead atoms. The van der Waals surface area contributed by atoms with E-state index in [9.17, 15) is 0 Å². The van der Waals surface area contributed by atoms with Crippen LogP contribution in [0.25, 0.3) is 0 Å². The first-order valence-corrected chi connectivity index (χ1v) is 2.79. The molecule has 0 aromatic heterocycles. The van der Waals surface area contributed by atoms with Crippen molar-refractivity contribution in [3.63, 3.8) is 0 Å². The average Bonchev–Trinajstić information content (AvgIpc) is 2.04. The molecule has 0 spiro atoms. The Bertz CT molecular complexity index is 214. The summed E-state index contributed by atoms with van der Waals surface area (Å²) >= 11 is 0. The van der Waals surface area contributed by atoms with E-state index in [-0.39, 0.29) is 0 Å². The van der Waals surface area contributed by atoms with Crippen molar-refractivity contribution in [2.24, 2.45) is 15.8 Å². The van der Waals surface area contributed by atoms with Gasteiger partial charge in [0.05, 0.1) is 6.21 Å². The highest BCUT2D eigenvalue weighted by Crippen LogP contribution is 2.06. The van der Waals surface area contributed by atoms with Gasteiger partial charge in [0.1, 0.15) is 0 Å². The number of hydrogen-bond donors (Lipinski definition) is 1. The predicted octanol–water partition coefficient (Wildman–Crippen LogP) is 0.260. The fourth-order valence-electron chi connectivity index (χ4n) is 0.590. The first-order valence-electron chi connectivity index (χ1n) is 2.79. The Balaban J connectivity index is 2.83. The zero-order chi connectivity index (χ0) is 7.40. The molecule has 1 aliphatic heterocycles. The molecule has 0 aromatic rings. The van der Waals surface area contributed by atoms with E-state index in [0.29, 0.717) is 5.82 Å². The molecular weight excluding hydrogens is 128 g/mol. The van der Waals surface area contributed by atoms with E-state index >= 15 is 0 Å². The zero-order valence-corrected chi connectivity index (χ0v) is 5.44. The lowest BCUT2D eigenvalue weighted by atomic mass is 10.6. The Morgan fingerprint density at radius 1 is 1.60 bits per heavy atom. The molecule has 52 valence electrons. The van der Waals surface area contributed by atoms with Crippen LogP contribution >= 0.6 is 0 Å². The molecule has 0 unspecified atom stereocenters. The van der Waals surface area contributed by atoms with E-state index in [1.807, 2.05) is 0 Å². The van der Waals surface area contributed by atoms with Gasteiger partial charge in [-0.3, -0.25) is 0 Å². The first kappa shape index (κ1) is 6.54. The number of hydrazone groups is 1. The maximum Gasteiger partial charge on any atom is 0.168 e. The Labute approximate surface area is 59.0 Å². The third-order valence-corrected chi connectivity index (χ3v) is 1.02. The minimum atomic E-state index is 0.581. The van der Waals surface area contributed by atoms with Gasteiger partial charge < -0.3 is 5.73 Å². The summed E-state index contributed by atoms with van der Waals surface area (Å²) in [7, 11) is 0. The second kappa shape index (κ2) is 2.82. The SMILES string of the molecule is C=CN1N=CC=N/C1=C/N. The van der Waals surface area contributed by atoms with Crippen molar-refractivity contribution in [2.45, 2.75) is 0 Å². The first-order chi connectivity index (χ1) is 4.88. The van der Waals surface area contributed by atoms with Crippen LogP contribution in [0.15, 0.2) is 34.9 Å². The largest absolute Gasteiger partial charge is 0.402 e. The van der Waals surface area contributed by atoms with Crippen LogP contribution in [0, 0.1) is 0 Å². The van der Waals surface area contributed by atoms with Crippen LogP contribution in [-0.4, -0.2) is 17.4 Å². The predicted molar refractivity (Wildman–Crippen MR) is 41.3 cm³/mol. The number of hydrogen-bond acceptors (Lipinski definition) is 4. The summed E-state index contributed by atoms with van der Waals surface area (Å²) in [5, 5.41) is 5.38. The van der Waals surface area contributed by atoms with Gasteiger partial charge in [-0.15, -0.1) is 0 Å². The topological polar surface area (TPSA) is 54.0 Å². The van der Waals surface area contributed by atoms with Crippen LogP contribution in [0.5, 0.6) is 0 Å². The van der Waals surface area contributed by atoms with E-state index < -0.39 is 0 Å². The molecule has 1 aliphatic rings. The van der Waals surface area contributed by atoms with Gasteiger partial charge in [-0.1, -0.05) is 6.58 Å². The number of nitrogens with two attached hydrogens (primary N) is 1. The zero-order valence-electron chi connectivity index (χ0n) is 5.44. The lowest BCUT2D eigenvalue weighted by Crippen LogP contribution is -2.13. The van der Waals surface area contributed by atoms with Gasteiger partial charge in [-0.25, -0.2) is 10.0 Å². The molecule has 0 atom stereocenters. The third kappa shape index (κ3) is 1.05. The third-order valence-electron chi connectivity index (χ3n) is 1.02. The molecule has 0 saturated carbocycles. The van der Waals surface area contributed by atoms with Gasteiger partial charge in [-0.05, 0) is 0 Å². The van der Waals surface area contributed by atoms with Crippen LogP contribution in [0.4, 0.5) is 0 Å². The van der Waals surface area contributed by atoms with E-state index in [1.54, 1.807) is 12.4 Å². The Morgan fingerprint density at radius 2 is 2.40 bits per heavy atom. The molecule has 4 heteroatoms. The molecule has 0 saturated heterocycles. The van der Waals surface area contributed by atoms with E-state index in [4.69, 9.17) is 5.73 Å². The second-order valence-electron chi connectivity index (χ2n) is 1.59.